The molecule has 2 rings (SSSR count). The van der Waals surface area contributed by atoms with Crippen LogP contribution in [-0.2, 0) is 0 Å². The number of rotatable bonds is 3. The molecular weight excluding hydrogens is 228 g/mol. The average molecular weight is 248 g/mol. The number of nitrogens with zero attached hydrogens (tertiary/aromatic N) is 1. The molecule has 1 atom stereocenters. The number of phenols is 1. The fraction of sp³-hybridized carbons (Fsp3) is 0.500. The number of phenolic OH excluding ortho intramolecular Hbond substituents is 1. The first-order valence-electron chi connectivity index (χ1n) is 6.38. The zero-order chi connectivity index (χ0) is 13.1. The van der Waals surface area contributed by atoms with E-state index in [0.717, 1.165) is 31.7 Å². The molecule has 0 radical (unpaired) electrons. The van der Waals surface area contributed by atoms with Gasteiger partial charge < -0.3 is 10.4 Å². The number of piperazine rings is 1. The maximum atomic E-state index is 12.4. The lowest BCUT2D eigenvalue weighted by Crippen LogP contribution is -2.50. The van der Waals surface area contributed by atoms with E-state index in [1.165, 1.54) is 0 Å². The summed E-state index contributed by atoms with van der Waals surface area (Å²) in [5.74, 6) is 0.341. The van der Waals surface area contributed by atoms with Crippen molar-refractivity contribution in [2.24, 2.45) is 0 Å². The Morgan fingerprint density at radius 3 is 2.67 bits per heavy atom. The van der Waals surface area contributed by atoms with Gasteiger partial charge in [0.25, 0.3) is 0 Å². The topological polar surface area (TPSA) is 52.6 Å². The summed E-state index contributed by atoms with van der Waals surface area (Å²) in [6, 6.07) is 4.82. The van der Waals surface area contributed by atoms with E-state index in [1.54, 1.807) is 18.2 Å². The van der Waals surface area contributed by atoms with E-state index in [0.29, 0.717) is 5.56 Å². The molecule has 1 aromatic carbocycles. The van der Waals surface area contributed by atoms with Gasteiger partial charge in [-0.3, -0.25) is 9.69 Å². The fourth-order valence-corrected chi connectivity index (χ4v) is 2.38. The maximum absolute atomic E-state index is 12.4. The lowest BCUT2D eigenvalue weighted by molar-refractivity contribution is 0.0819. The summed E-state index contributed by atoms with van der Waals surface area (Å²) in [5, 5.41) is 12.7. The first-order valence-corrected chi connectivity index (χ1v) is 6.38. The number of carbonyl (C=O) groups excluding carboxylic acids is 1. The fourth-order valence-electron chi connectivity index (χ4n) is 2.38. The van der Waals surface area contributed by atoms with E-state index in [4.69, 9.17) is 0 Å². The number of hydrogen-bond donors (Lipinski definition) is 2. The maximum Gasteiger partial charge on any atom is 0.179 e. The number of aromatic hydroxyl groups is 1. The second-order valence-corrected chi connectivity index (χ2v) is 4.83. The molecule has 0 aromatic heterocycles. The summed E-state index contributed by atoms with van der Waals surface area (Å²) in [6.07, 6.45) is 0. The van der Waals surface area contributed by atoms with Gasteiger partial charge in [-0.1, -0.05) is 0 Å². The molecule has 18 heavy (non-hydrogen) atoms. The van der Waals surface area contributed by atoms with Gasteiger partial charge in [-0.15, -0.1) is 0 Å². The Balaban J connectivity index is 2.14. The van der Waals surface area contributed by atoms with E-state index in [1.807, 2.05) is 13.8 Å². The zero-order valence-corrected chi connectivity index (χ0v) is 10.9. The molecule has 0 amide bonds. The van der Waals surface area contributed by atoms with Crippen LogP contribution in [0.4, 0.5) is 0 Å². The Morgan fingerprint density at radius 2 is 2.06 bits per heavy atom. The van der Waals surface area contributed by atoms with Gasteiger partial charge in [-0.25, -0.2) is 0 Å². The third-order valence-corrected chi connectivity index (χ3v) is 3.55. The molecule has 4 nitrogen and oxygen atoms in total. The number of hydrogen-bond acceptors (Lipinski definition) is 4. The van der Waals surface area contributed by atoms with E-state index in [-0.39, 0.29) is 17.6 Å². The number of nitrogens with one attached hydrogen (secondary N) is 1. The third kappa shape index (κ3) is 2.71. The predicted octanol–water partition coefficient (Wildman–Crippen LogP) is 1.18. The molecule has 2 N–H and O–H groups in total. The van der Waals surface area contributed by atoms with Gasteiger partial charge in [0, 0.05) is 31.7 Å². The number of carbonyl (C=O) groups is 1. The lowest BCUT2D eigenvalue weighted by atomic mass is 9.99. The largest absolute Gasteiger partial charge is 0.508 e. The van der Waals surface area contributed by atoms with Crippen LogP contribution in [0.2, 0.25) is 0 Å². The first kappa shape index (κ1) is 13.1. The monoisotopic (exact) mass is 248 g/mol. The van der Waals surface area contributed by atoms with Gasteiger partial charge in [0.1, 0.15) is 5.75 Å². The van der Waals surface area contributed by atoms with E-state index >= 15 is 0 Å². The molecule has 0 aliphatic carbocycles. The van der Waals surface area contributed by atoms with Crippen molar-refractivity contribution in [3.8, 4) is 5.75 Å². The first-order chi connectivity index (χ1) is 8.59. The van der Waals surface area contributed by atoms with Crippen LogP contribution in [0.1, 0.15) is 22.8 Å². The Hall–Kier alpha value is -1.39. The van der Waals surface area contributed by atoms with E-state index < -0.39 is 0 Å². The van der Waals surface area contributed by atoms with Gasteiger partial charge in [0.2, 0.25) is 0 Å². The summed E-state index contributed by atoms with van der Waals surface area (Å²) in [5.41, 5.74) is 1.54. The van der Waals surface area contributed by atoms with E-state index in [9.17, 15) is 9.90 Å². The lowest BCUT2D eigenvalue weighted by Gasteiger charge is -2.32. The molecule has 1 aliphatic heterocycles. The molecule has 0 saturated carbocycles. The van der Waals surface area contributed by atoms with Gasteiger partial charge >= 0.3 is 0 Å². The molecule has 1 fully saturated rings. The van der Waals surface area contributed by atoms with Crippen molar-refractivity contribution >= 4 is 5.78 Å². The third-order valence-electron chi connectivity index (χ3n) is 3.55. The van der Waals surface area contributed by atoms with Crippen LogP contribution in [0.15, 0.2) is 18.2 Å². The van der Waals surface area contributed by atoms with Gasteiger partial charge in [-0.2, -0.15) is 0 Å². The standard InChI is InChI=1S/C14H20N2O2/c1-10-9-12(17)3-4-13(10)14(18)11(2)16-7-5-15-6-8-16/h3-4,9,11,15,17H,5-8H2,1-2H3. The van der Waals surface area contributed by atoms with Crippen molar-refractivity contribution in [2.75, 3.05) is 26.2 Å². The molecule has 0 bridgehead atoms. The SMILES string of the molecule is Cc1cc(O)ccc1C(=O)C(C)N1CCNCC1. The van der Waals surface area contributed by atoms with Crippen molar-refractivity contribution in [2.45, 2.75) is 19.9 Å². The number of Topliss-reactive ketones (excluding diaryl/α,β-unsaturated/α-hetero) is 1. The van der Waals surface area contributed by atoms with Crippen molar-refractivity contribution in [1.82, 2.24) is 10.2 Å². The molecular formula is C14H20N2O2. The van der Waals surface area contributed by atoms with Crippen molar-refractivity contribution < 1.29 is 9.90 Å². The van der Waals surface area contributed by atoms with Crippen molar-refractivity contribution in [1.29, 1.82) is 0 Å². The highest BCUT2D eigenvalue weighted by Crippen LogP contribution is 2.18. The average Bonchev–Trinajstić information content (AvgIpc) is 2.38. The summed E-state index contributed by atoms with van der Waals surface area (Å²) in [4.78, 5) is 14.6. The van der Waals surface area contributed by atoms with Crippen LogP contribution in [0.25, 0.3) is 0 Å². The Bertz CT molecular complexity index is 439. The summed E-state index contributed by atoms with van der Waals surface area (Å²) < 4.78 is 0. The Labute approximate surface area is 108 Å². The summed E-state index contributed by atoms with van der Waals surface area (Å²) in [6.45, 7) is 7.50. The summed E-state index contributed by atoms with van der Waals surface area (Å²) in [7, 11) is 0. The van der Waals surface area contributed by atoms with Crippen LogP contribution < -0.4 is 5.32 Å². The summed E-state index contributed by atoms with van der Waals surface area (Å²) >= 11 is 0. The number of aryl methyl sites for hydroxylation is 1. The van der Waals surface area contributed by atoms with Crippen LogP contribution in [0, 0.1) is 6.92 Å². The molecule has 98 valence electrons. The molecule has 1 unspecified atom stereocenters. The van der Waals surface area contributed by atoms with Crippen LogP contribution >= 0.6 is 0 Å². The Morgan fingerprint density at radius 1 is 1.39 bits per heavy atom. The quantitative estimate of drug-likeness (QED) is 0.789. The Kier molecular flexibility index (Phi) is 3.99. The van der Waals surface area contributed by atoms with Gasteiger partial charge in [0.15, 0.2) is 5.78 Å². The van der Waals surface area contributed by atoms with Crippen molar-refractivity contribution in [3.63, 3.8) is 0 Å². The molecule has 1 heterocycles. The van der Waals surface area contributed by atoms with Crippen LogP contribution in [0.3, 0.4) is 0 Å². The molecule has 1 saturated heterocycles. The zero-order valence-electron chi connectivity index (χ0n) is 10.9. The molecule has 4 heteroatoms. The van der Waals surface area contributed by atoms with Crippen LogP contribution in [0.5, 0.6) is 5.75 Å². The van der Waals surface area contributed by atoms with Crippen LogP contribution in [-0.4, -0.2) is 48.0 Å². The van der Waals surface area contributed by atoms with E-state index in [2.05, 4.69) is 10.2 Å². The predicted molar refractivity (Wildman–Crippen MR) is 71.1 cm³/mol. The van der Waals surface area contributed by atoms with Gasteiger partial charge in [-0.05, 0) is 37.6 Å². The smallest absolute Gasteiger partial charge is 0.179 e. The second-order valence-electron chi connectivity index (χ2n) is 4.83. The second kappa shape index (κ2) is 5.50. The number of ketones is 1. The highest BCUT2D eigenvalue weighted by molar-refractivity contribution is 6.01. The number of benzene rings is 1. The highest BCUT2D eigenvalue weighted by Gasteiger charge is 2.24. The normalized spacial score (nSPS) is 18.6. The highest BCUT2D eigenvalue weighted by atomic mass is 16.3. The molecule has 0 spiro atoms. The minimum atomic E-state index is -0.102. The molecule has 1 aliphatic rings. The minimum Gasteiger partial charge on any atom is -0.508 e. The van der Waals surface area contributed by atoms with Gasteiger partial charge in [0.05, 0.1) is 6.04 Å². The molecule has 1 aromatic rings. The minimum absolute atomic E-state index is 0.102. The van der Waals surface area contributed by atoms with Crippen molar-refractivity contribution in [3.05, 3.63) is 29.3 Å².